The Hall–Kier alpha value is -1.92. The lowest BCUT2D eigenvalue weighted by atomic mass is 10.4. The molecule has 0 spiro atoms. The van der Waals surface area contributed by atoms with Gasteiger partial charge in [-0.3, -0.25) is 0 Å². The van der Waals surface area contributed by atoms with Gasteiger partial charge in [0.1, 0.15) is 0 Å². The number of rotatable bonds is 6. The van der Waals surface area contributed by atoms with Crippen LogP contribution in [0, 0.1) is 0 Å². The second kappa shape index (κ2) is 6.13. The number of nitrogens with one attached hydrogen (secondary N) is 1. The van der Waals surface area contributed by atoms with Crippen LogP contribution in [0.3, 0.4) is 0 Å². The molecular weight excluding hydrogens is 232 g/mol. The summed E-state index contributed by atoms with van der Waals surface area (Å²) < 4.78 is 11.9. The average Bonchev–Trinajstić information content (AvgIpc) is 2.94. The molecule has 6 nitrogen and oxygen atoms in total. The van der Waals surface area contributed by atoms with Crippen LogP contribution in [0.15, 0.2) is 36.8 Å². The van der Waals surface area contributed by atoms with Gasteiger partial charge >= 0.3 is 0 Å². The van der Waals surface area contributed by atoms with Gasteiger partial charge in [0.15, 0.2) is 12.1 Å². The van der Waals surface area contributed by atoms with Gasteiger partial charge in [-0.05, 0) is 18.2 Å². The molecule has 2 heterocycles. The van der Waals surface area contributed by atoms with Crippen LogP contribution < -0.4 is 5.32 Å². The third kappa shape index (κ3) is 3.06. The molecule has 2 aromatic rings. The van der Waals surface area contributed by atoms with E-state index in [0.717, 1.165) is 11.5 Å². The molecule has 96 valence electrons. The normalized spacial score (nSPS) is 10.8. The molecule has 0 atom stereocenters. The van der Waals surface area contributed by atoms with Crippen LogP contribution in [0.2, 0.25) is 0 Å². The fraction of sp³-hybridized carbons (Fsp3) is 0.333. The van der Waals surface area contributed by atoms with E-state index in [1.165, 1.54) is 0 Å². The first-order valence-corrected chi connectivity index (χ1v) is 5.59. The summed E-state index contributed by atoms with van der Waals surface area (Å²) in [4.78, 5) is 4.31. The Labute approximate surface area is 106 Å². The molecule has 2 aromatic heterocycles. The Kier molecular flexibility index (Phi) is 4.27. The highest BCUT2D eigenvalue weighted by Gasteiger charge is 2.04. The second-order valence-electron chi connectivity index (χ2n) is 3.64. The molecule has 0 unspecified atom stereocenters. The van der Waals surface area contributed by atoms with E-state index in [-0.39, 0.29) is 6.29 Å². The molecule has 6 heteroatoms. The van der Waals surface area contributed by atoms with Crippen molar-refractivity contribution < 1.29 is 9.47 Å². The number of nitrogens with zero attached hydrogens (tertiary/aromatic N) is 3. The van der Waals surface area contributed by atoms with Crippen molar-refractivity contribution in [2.45, 2.75) is 6.29 Å². The number of hydrogen-bond donors (Lipinski definition) is 1. The van der Waals surface area contributed by atoms with Gasteiger partial charge in [0.05, 0.1) is 18.4 Å². The molecule has 0 radical (unpaired) electrons. The fourth-order valence-corrected chi connectivity index (χ4v) is 1.49. The molecule has 0 fully saturated rings. The zero-order chi connectivity index (χ0) is 12.8. The standard InChI is InChI=1S/C12H16N4O2/c1-17-12(18-2)9-13-10-4-5-11(14-8-10)16-7-3-6-15-16/h3-8,12-13H,9H2,1-2H3. The van der Waals surface area contributed by atoms with E-state index >= 15 is 0 Å². The van der Waals surface area contributed by atoms with Crippen molar-refractivity contribution in [1.82, 2.24) is 14.8 Å². The third-order valence-corrected chi connectivity index (χ3v) is 2.49. The van der Waals surface area contributed by atoms with Gasteiger partial charge in [0.2, 0.25) is 0 Å². The highest BCUT2D eigenvalue weighted by molar-refractivity contribution is 5.43. The molecular formula is C12H16N4O2. The lowest BCUT2D eigenvalue weighted by Gasteiger charge is -2.14. The van der Waals surface area contributed by atoms with Gasteiger partial charge in [-0.2, -0.15) is 5.10 Å². The largest absolute Gasteiger partial charge is 0.379 e. The maximum absolute atomic E-state index is 5.08. The third-order valence-electron chi connectivity index (χ3n) is 2.49. The molecule has 0 aliphatic carbocycles. The summed E-state index contributed by atoms with van der Waals surface area (Å²) in [7, 11) is 3.21. The van der Waals surface area contributed by atoms with E-state index in [9.17, 15) is 0 Å². The first-order valence-electron chi connectivity index (χ1n) is 5.59. The quantitative estimate of drug-likeness (QED) is 0.781. The first-order chi connectivity index (χ1) is 8.83. The van der Waals surface area contributed by atoms with E-state index in [4.69, 9.17) is 9.47 Å². The second-order valence-corrected chi connectivity index (χ2v) is 3.64. The summed E-state index contributed by atoms with van der Waals surface area (Å²) in [6, 6.07) is 5.69. The van der Waals surface area contributed by atoms with Crippen LogP contribution in [0.5, 0.6) is 0 Å². The maximum Gasteiger partial charge on any atom is 0.173 e. The minimum absolute atomic E-state index is 0.268. The SMILES string of the molecule is COC(CNc1ccc(-n2cccn2)nc1)OC. The fourth-order valence-electron chi connectivity index (χ4n) is 1.49. The summed E-state index contributed by atoms with van der Waals surface area (Å²) in [5, 5.41) is 7.29. The zero-order valence-corrected chi connectivity index (χ0v) is 10.4. The van der Waals surface area contributed by atoms with Crippen LogP contribution in [0.1, 0.15) is 0 Å². The number of hydrogen-bond acceptors (Lipinski definition) is 5. The summed E-state index contributed by atoms with van der Waals surface area (Å²) in [5.41, 5.74) is 0.907. The Morgan fingerprint density at radius 2 is 2.17 bits per heavy atom. The lowest BCUT2D eigenvalue weighted by molar-refractivity contribution is -0.0914. The van der Waals surface area contributed by atoms with Crippen molar-refractivity contribution in [3.63, 3.8) is 0 Å². The predicted octanol–water partition coefficient (Wildman–Crippen LogP) is 1.30. The predicted molar refractivity (Wildman–Crippen MR) is 67.7 cm³/mol. The number of aromatic nitrogens is 3. The van der Waals surface area contributed by atoms with Crippen molar-refractivity contribution in [1.29, 1.82) is 0 Å². The molecule has 0 saturated heterocycles. The van der Waals surface area contributed by atoms with Crippen LogP contribution >= 0.6 is 0 Å². The smallest absolute Gasteiger partial charge is 0.173 e. The van der Waals surface area contributed by atoms with Gasteiger partial charge < -0.3 is 14.8 Å². The van der Waals surface area contributed by atoms with E-state index in [1.54, 1.807) is 31.3 Å². The Morgan fingerprint density at radius 3 is 2.72 bits per heavy atom. The van der Waals surface area contributed by atoms with Crippen molar-refractivity contribution in [3.05, 3.63) is 36.8 Å². The minimum atomic E-state index is -0.268. The van der Waals surface area contributed by atoms with Crippen LogP contribution in [-0.4, -0.2) is 41.8 Å². The van der Waals surface area contributed by atoms with E-state index < -0.39 is 0 Å². The highest BCUT2D eigenvalue weighted by atomic mass is 16.7. The highest BCUT2D eigenvalue weighted by Crippen LogP contribution is 2.09. The van der Waals surface area contributed by atoms with E-state index in [0.29, 0.717) is 6.54 Å². The molecule has 0 bridgehead atoms. The molecule has 18 heavy (non-hydrogen) atoms. The lowest BCUT2D eigenvalue weighted by Crippen LogP contribution is -2.23. The molecule has 1 N–H and O–H groups in total. The zero-order valence-electron chi connectivity index (χ0n) is 10.4. The van der Waals surface area contributed by atoms with Crippen molar-refractivity contribution in [2.75, 3.05) is 26.1 Å². The summed E-state index contributed by atoms with van der Waals surface area (Å²) in [5.74, 6) is 0.778. The minimum Gasteiger partial charge on any atom is -0.379 e. The first kappa shape index (κ1) is 12.5. The van der Waals surface area contributed by atoms with Crippen LogP contribution in [0.4, 0.5) is 5.69 Å². The molecule has 0 amide bonds. The average molecular weight is 248 g/mol. The summed E-state index contributed by atoms with van der Waals surface area (Å²) in [6.07, 6.45) is 5.05. The topological polar surface area (TPSA) is 61.2 Å². The number of ether oxygens (including phenoxy) is 2. The Balaban J connectivity index is 1.96. The molecule has 0 aliphatic heterocycles. The number of pyridine rings is 1. The number of anilines is 1. The van der Waals surface area contributed by atoms with Crippen LogP contribution in [-0.2, 0) is 9.47 Å². The molecule has 0 saturated carbocycles. The monoisotopic (exact) mass is 248 g/mol. The van der Waals surface area contributed by atoms with Gasteiger partial charge in [-0.25, -0.2) is 9.67 Å². The van der Waals surface area contributed by atoms with Crippen LogP contribution in [0.25, 0.3) is 5.82 Å². The summed E-state index contributed by atoms with van der Waals surface area (Å²) in [6.45, 7) is 0.565. The van der Waals surface area contributed by atoms with Crippen molar-refractivity contribution in [2.24, 2.45) is 0 Å². The van der Waals surface area contributed by atoms with E-state index in [1.807, 2.05) is 24.4 Å². The Bertz CT molecular complexity index is 451. The maximum atomic E-state index is 5.08. The van der Waals surface area contributed by atoms with Gasteiger partial charge in [0.25, 0.3) is 0 Å². The van der Waals surface area contributed by atoms with Gasteiger partial charge in [0, 0.05) is 26.6 Å². The van der Waals surface area contributed by atoms with Gasteiger partial charge in [-0.1, -0.05) is 0 Å². The van der Waals surface area contributed by atoms with Crippen molar-refractivity contribution in [3.8, 4) is 5.82 Å². The molecule has 2 rings (SSSR count). The summed E-state index contributed by atoms with van der Waals surface area (Å²) >= 11 is 0. The van der Waals surface area contributed by atoms with Gasteiger partial charge in [-0.15, -0.1) is 0 Å². The number of methoxy groups -OCH3 is 2. The molecule has 0 aromatic carbocycles. The van der Waals surface area contributed by atoms with Crippen molar-refractivity contribution >= 4 is 5.69 Å². The Morgan fingerprint density at radius 1 is 1.33 bits per heavy atom. The molecule has 0 aliphatic rings. The van der Waals surface area contributed by atoms with E-state index in [2.05, 4.69) is 15.4 Å².